The standard InChI is InChI=1S/C7H3ClF3NO2S/c8-4-2-1-3(7(9,10)11)6(15)5(4)12(13)14/h1-2,15H. The van der Waals surface area contributed by atoms with Gasteiger partial charge in [0.2, 0.25) is 0 Å². The van der Waals surface area contributed by atoms with E-state index in [4.69, 9.17) is 11.6 Å². The Kier molecular flexibility index (Phi) is 3.15. The van der Waals surface area contributed by atoms with Crippen molar-refractivity contribution in [3.8, 4) is 0 Å². The van der Waals surface area contributed by atoms with Gasteiger partial charge < -0.3 is 0 Å². The zero-order valence-electron chi connectivity index (χ0n) is 6.88. The molecular formula is C7H3ClF3NO2S. The minimum Gasteiger partial charge on any atom is -0.258 e. The monoisotopic (exact) mass is 257 g/mol. The Hall–Kier alpha value is -0.950. The van der Waals surface area contributed by atoms with Crippen LogP contribution in [0.4, 0.5) is 18.9 Å². The quantitative estimate of drug-likeness (QED) is 0.475. The van der Waals surface area contributed by atoms with Crippen molar-refractivity contribution in [1.29, 1.82) is 0 Å². The molecule has 0 spiro atoms. The summed E-state index contributed by atoms with van der Waals surface area (Å²) in [6, 6.07) is 1.47. The van der Waals surface area contributed by atoms with Gasteiger partial charge in [-0.2, -0.15) is 13.2 Å². The molecule has 0 N–H and O–H groups in total. The van der Waals surface area contributed by atoms with Gasteiger partial charge in [-0.05, 0) is 12.1 Å². The lowest BCUT2D eigenvalue weighted by molar-refractivity contribution is -0.387. The van der Waals surface area contributed by atoms with Crippen LogP contribution in [-0.4, -0.2) is 4.92 Å². The van der Waals surface area contributed by atoms with E-state index >= 15 is 0 Å². The Morgan fingerprint density at radius 3 is 2.33 bits per heavy atom. The zero-order chi connectivity index (χ0) is 11.8. The van der Waals surface area contributed by atoms with Gasteiger partial charge in [0.25, 0.3) is 0 Å². The molecule has 0 radical (unpaired) electrons. The lowest BCUT2D eigenvalue weighted by Crippen LogP contribution is -2.07. The van der Waals surface area contributed by atoms with E-state index in [0.717, 1.165) is 6.07 Å². The third-order valence-electron chi connectivity index (χ3n) is 1.59. The van der Waals surface area contributed by atoms with E-state index in [0.29, 0.717) is 6.07 Å². The van der Waals surface area contributed by atoms with Crippen molar-refractivity contribution in [3.63, 3.8) is 0 Å². The second-order valence-corrected chi connectivity index (χ2v) is 3.40. The van der Waals surface area contributed by atoms with Crippen LogP contribution in [-0.2, 0) is 6.18 Å². The molecule has 0 atom stereocenters. The molecule has 0 saturated heterocycles. The number of hydrogen-bond donors (Lipinski definition) is 1. The highest BCUT2D eigenvalue weighted by Crippen LogP contribution is 2.41. The maximum atomic E-state index is 12.3. The summed E-state index contributed by atoms with van der Waals surface area (Å²) in [5.41, 5.74) is -2.02. The molecule has 0 aliphatic rings. The van der Waals surface area contributed by atoms with Crippen LogP contribution >= 0.6 is 24.2 Å². The largest absolute Gasteiger partial charge is 0.417 e. The van der Waals surface area contributed by atoms with Crippen molar-refractivity contribution in [3.05, 3.63) is 32.8 Å². The van der Waals surface area contributed by atoms with Crippen molar-refractivity contribution in [2.45, 2.75) is 11.1 Å². The van der Waals surface area contributed by atoms with Crippen LogP contribution in [0.15, 0.2) is 17.0 Å². The van der Waals surface area contributed by atoms with Crippen LogP contribution in [0.5, 0.6) is 0 Å². The number of nitro groups is 1. The summed E-state index contributed by atoms with van der Waals surface area (Å²) < 4.78 is 36.9. The number of alkyl halides is 3. The van der Waals surface area contributed by atoms with Crippen molar-refractivity contribution in [1.82, 2.24) is 0 Å². The average Bonchev–Trinajstić information content (AvgIpc) is 2.00. The number of nitro benzene ring substituents is 1. The molecule has 0 amide bonds. The number of benzene rings is 1. The summed E-state index contributed by atoms with van der Waals surface area (Å²) in [7, 11) is 0. The summed E-state index contributed by atoms with van der Waals surface area (Å²) >= 11 is 8.86. The third-order valence-corrected chi connectivity index (χ3v) is 2.35. The normalized spacial score (nSPS) is 11.5. The van der Waals surface area contributed by atoms with Crippen molar-refractivity contribution in [2.24, 2.45) is 0 Å². The summed E-state index contributed by atoms with van der Waals surface area (Å²) in [6.07, 6.45) is -4.69. The molecule has 82 valence electrons. The fourth-order valence-electron chi connectivity index (χ4n) is 0.957. The van der Waals surface area contributed by atoms with E-state index in [-0.39, 0.29) is 5.02 Å². The molecule has 0 aliphatic carbocycles. The summed E-state index contributed by atoms with van der Waals surface area (Å²) in [5.74, 6) is 0. The van der Waals surface area contributed by atoms with Gasteiger partial charge in [-0.25, -0.2) is 0 Å². The Morgan fingerprint density at radius 1 is 1.40 bits per heavy atom. The molecule has 0 aliphatic heterocycles. The van der Waals surface area contributed by atoms with E-state index < -0.39 is 27.2 Å². The topological polar surface area (TPSA) is 43.1 Å². The first kappa shape index (κ1) is 12.1. The molecular weight excluding hydrogens is 255 g/mol. The minimum atomic E-state index is -4.69. The second kappa shape index (κ2) is 3.90. The van der Waals surface area contributed by atoms with Crippen molar-refractivity contribution >= 4 is 29.9 Å². The molecule has 0 saturated carbocycles. The predicted molar refractivity (Wildman–Crippen MR) is 50.4 cm³/mol. The molecule has 1 aromatic rings. The van der Waals surface area contributed by atoms with Crippen LogP contribution in [0, 0.1) is 10.1 Å². The van der Waals surface area contributed by atoms with Crippen LogP contribution in [0.2, 0.25) is 5.02 Å². The molecule has 0 heterocycles. The van der Waals surface area contributed by atoms with Gasteiger partial charge in [-0.3, -0.25) is 10.1 Å². The van der Waals surface area contributed by atoms with Crippen LogP contribution in [0.25, 0.3) is 0 Å². The fraction of sp³-hybridized carbons (Fsp3) is 0.143. The van der Waals surface area contributed by atoms with E-state index in [1.165, 1.54) is 0 Å². The molecule has 0 fully saturated rings. The van der Waals surface area contributed by atoms with Crippen LogP contribution in [0.3, 0.4) is 0 Å². The van der Waals surface area contributed by atoms with Crippen molar-refractivity contribution < 1.29 is 18.1 Å². The molecule has 0 unspecified atom stereocenters. The minimum absolute atomic E-state index is 0.377. The molecule has 8 heteroatoms. The Balaban J connectivity index is 3.49. The van der Waals surface area contributed by atoms with Gasteiger partial charge in [0.15, 0.2) is 0 Å². The summed E-state index contributed by atoms with van der Waals surface area (Å²) in [5, 5.41) is 10.0. The molecule has 0 aromatic heterocycles. The molecule has 1 aromatic carbocycles. The summed E-state index contributed by atoms with van der Waals surface area (Å²) in [4.78, 5) is 8.65. The SMILES string of the molecule is O=[N+]([O-])c1c(Cl)ccc(C(F)(F)F)c1S. The fourth-order valence-corrected chi connectivity index (χ4v) is 1.65. The first-order chi connectivity index (χ1) is 6.75. The predicted octanol–water partition coefficient (Wildman–Crippen LogP) is 3.56. The Bertz CT molecular complexity index is 421. The average molecular weight is 258 g/mol. The number of rotatable bonds is 1. The first-order valence-electron chi connectivity index (χ1n) is 3.48. The molecule has 15 heavy (non-hydrogen) atoms. The van der Waals surface area contributed by atoms with Crippen LogP contribution < -0.4 is 0 Å². The van der Waals surface area contributed by atoms with E-state index in [9.17, 15) is 23.3 Å². The van der Waals surface area contributed by atoms with Gasteiger partial charge in [-0.1, -0.05) is 11.6 Å². The van der Waals surface area contributed by atoms with Gasteiger partial charge in [0, 0.05) is 0 Å². The Morgan fingerprint density at radius 2 is 1.93 bits per heavy atom. The number of nitrogens with zero attached hydrogens (tertiary/aromatic N) is 1. The van der Waals surface area contributed by atoms with E-state index in [2.05, 4.69) is 12.6 Å². The summed E-state index contributed by atoms with van der Waals surface area (Å²) in [6.45, 7) is 0. The molecule has 3 nitrogen and oxygen atoms in total. The molecule has 1 rings (SSSR count). The van der Waals surface area contributed by atoms with E-state index in [1.807, 2.05) is 0 Å². The smallest absolute Gasteiger partial charge is 0.258 e. The maximum Gasteiger partial charge on any atom is 0.417 e. The van der Waals surface area contributed by atoms with Crippen molar-refractivity contribution in [2.75, 3.05) is 0 Å². The van der Waals surface area contributed by atoms with Crippen LogP contribution in [0.1, 0.15) is 5.56 Å². The van der Waals surface area contributed by atoms with Gasteiger partial charge in [0.1, 0.15) is 5.02 Å². The highest BCUT2D eigenvalue weighted by molar-refractivity contribution is 7.80. The Labute approximate surface area is 92.4 Å². The second-order valence-electron chi connectivity index (χ2n) is 2.55. The van der Waals surface area contributed by atoms with Gasteiger partial charge >= 0.3 is 11.9 Å². The van der Waals surface area contributed by atoms with E-state index in [1.54, 1.807) is 0 Å². The highest BCUT2D eigenvalue weighted by atomic mass is 35.5. The number of thiol groups is 1. The maximum absolute atomic E-state index is 12.3. The molecule has 0 bridgehead atoms. The third kappa shape index (κ3) is 2.35. The first-order valence-corrected chi connectivity index (χ1v) is 4.30. The number of halogens is 4. The lowest BCUT2D eigenvalue weighted by atomic mass is 10.2. The highest BCUT2D eigenvalue weighted by Gasteiger charge is 2.36. The lowest BCUT2D eigenvalue weighted by Gasteiger charge is -2.09. The zero-order valence-corrected chi connectivity index (χ0v) is 8.53. The van der Waals surface area contributed by atoms with Gasteiger partial charge in [0.05, 0.1) is 15.4 Å². The van der Waals surface area contributed by atoms with Gasteiger partial charge in [-0.15, -0.1) is 12.6 Å². The number of hydrogen-bond acceptors (Lipinski definition) is 3.